The van der Waals surface area contributed by atoms with Gasteiger partial charge in [-0.25, -0.2) is 0 Å². The second-order valence-corrected chi connectivity index (χ2v) is 6.01. The first-order chi connectivity index (χ1) is 10.8. The van der Waals surface area contributed by atoms with Crippen molar-refractivity contribution in [3.8, 4) is 0 Å². The van der Waals surface area contributed by atoms with E-state index in [4.69, 9.17) is 19.1 Å². The number of aliphatic hydroxyl groups is 1. The van der Waals surface area contributed by atoms with E-state index in [1.165, 1.54) is 0 Å². The Labute approximate surface area is 138 Å². The number of nitrogens with one attached hydrogen (secondary N) is 1. The number of furan rings is 1. The third-order valence-electron chi connectivity index (χ3n) is 3.26. The van der Waals surface area contributed by atoms with Crippen molar-refractivity contribution in [1.82, 2.24) is 5.32 Å². The van der Waals surface area contributed by atoms with Gasteiger partial charge < -0.3 is 24.4 Å². The summed E-state index contributed by atoms with van der Waals surface area (Å²) in [6.45, 7) is 10.2. The van der Waals surface area contributed by atoms with Crippen LogP contribution in [0, 0.1) is 0 Å². The quantitative estimate of drug-likeness (QED) is 0.905. The topological polar surface area (TPSA) is 71.7 Å². The van der Waals surface area contributed by atoms with E-state index < -0.39 is 0 Å². The second-order valence-electron chi connectivity index (χ2n) is 6.01. The summed E-state index contributed by atoms with van der Waals surface area (Å²) in [6, 6.07) is 7.98. The van der Waals surface area contributed by atoms with Crippen LogP contribution in [0.25, 0.3) is 11.0 Å². The first-order valence-electron chi connectivity index (χ1n) is 7.45. The maximum Gasteiger partial charge on any atom is 0.134 e. The smallest absolute Gasteiger partial charge is 0.134 e. The zero-order valence-electron chi connectivity index (χ0n) is 15.0. The third kappa shape index (κ3) is 7.41. The van der Waals surface area contributed by atoms with Gasteiger partial charge in [0.1, 0.15) is 18.1 Å². The molecular weight excluding hydrogens is 294 g/mol. The summed E-state index contributed by atoms with van der Waals surface area (Å²) in [5.74, 6) is 0.919. The molecule has 0 bridgehead atoms. The van der Waals surface area contributed by atoms with Crippen LogP contribution in [-0.4, -0.2) is 31.7 Å². The fourth-order valence-corrected chi connectivity index (χ4v) is 1.55. The highest BCUT2D eigenvalue weighted by Gasteiger charge is 2.09. The van der Waals surface area contributed by atoms with Gasteiger partial charge in [0.2, 0.25) is 0 Å². The van der Waals surface area contributed by atoms with E-state index in [1.54, 1.807) is 7.11 Å². The molecule has 0 amide bonds. The minimum atomic E-state index is 0.0417. The number of carbonyl (C=O) groups is 1. The van der Waals surface area contributed by atoms with E-state index in [0.29, 0.717) is 0 Å². The van der Waals surface area contributed by atoms with Crippen LogP contribution in [0.4, 0.5) is 0 Å². The predicted molar refractivity (Wildman–Crippen MR) is 93.5 cm³/mol. The molecule has 2 rings (SSSR count). The van der Waals surface area contributed by atoms with Crippen molar-refractivity contribution in [3.63, 3.8) is 0 Å². The number of benzene rings is 1. The van der Waals surface area contributed by atoms with Crippen molar-refractivity contribution in [2.45, 2.75) is 45.9 Å². The molecule has 5 nitrogen and oxygen atoms in total. The molecule has 0 aliphatic carbocycles. The molecule has 0 aliphatic heterocycles. The van der Waals surface area contributed by atoms with Gasteiger partial charge in [-0.05, 0) is 52.4 Å². The molecule has 1 atom stereocenters. The van der Waals surface area contributed by atoms with Crippen molar-refractivity contribution in [2.24, 2.45) is 0 Å². The lowest BCUT2D eigenvalue weighted by molar-refractivity contribution is -0.0980. The maximum absolute atomic E-state index is 9.01. The molecule has 1 aromatic heterocycles. The molecular formula is C18H29NO4. The highest BCUT2D eigenvalue weighted by molar-refractivity contribution is 5.78. The van der Waals surface area contributed by atoms with Gasteiger partial charge in [0.05, 0.1) is 18.2 Å². The Balaban J connectivity index is 0.000000515. The number of rotatable bonds is 3. The lowest BCUT2D eigenvalue weighted by atomic mass is 10.1. The standard InChI is InChI=1S/C12H15NO2.C5H12O.CH2O/c1-8(13-2)11-6-10-4-3-9(7-14)5-12(10)15-11;1-5(2,3)6-4;1-2/h3-6,8,13-14H,7H2,1-2H3;1-4H3;1H2. The molecule has 0 saturated carbocycles. The highest BCUT2D eigenvalue weighted by atomic mass is 16.5. The minimum Gasteiger partial charge on any atom is -0.459 e. The van der Waals surface area contributed by atoms with Crippen LogP contribution >= 0.6 is 0 Å². The number of hydrogen-bond acceptors (Lipinski definition) is 5. The van der Waals surface area contributed by atoms with Gasteiger partial charge in [0, 0.05) is 12.5 Å². The molecule has 0 fully saturated rings. The summed E-state index contributed by atoms with van der Waals surface area (Å²) in [4.78, 5) is 8.00. The first kappa shape index (κ1) is 21.3. The Kier molecular flexibility index (Phi) is 9.41. The predicted octanol–water partition coefficient (Wildman–Crippen LogP) is 3.45. The Morgan fingerprint density at radius 3 is 2.30 bits per heavy atom. The Hall–Kier alpha value is -1.69. The lowest BCUT2D eigenvalue weighted by Crippen LogP contribution is -2.15. The largest absolute Gasteiger partial charge is 0.459 e. The second kappa shape index (κ2) is 10.2. The third-order valence-corrected chi connectivity index (χ3v) is 3.26. The molecule has 0 aliphatic rings. The Bertz CT molecular complexity index is 572. The number of fused-ring (bicyclic) bond motifs is 1. The fourth-order valence-electron chi connectivity index (χ4n) is 1.55. The molecule has 130 valence electrons. The summed E-state index contributed by atoms with van der Waals surface area (Å²) in [6.07, 6.45) is 0. The van der Waals surface area contributed by atoms with E-state index in [9.17, 15) is 0 Å². The van der Waals surface area contributed by atoms with Crippen LogP contribution in [0.3, 0.4) is 0 Å². The van der Waals surface area contributed by atoms with E-state index in [-0.39, 0.29) is 18.2 Å². The zero-order chi connectivity index (χ0) is 18.0. The van der Waals surface area contributed by atoms with Gasteiger partial charge in [0.15, 0.2) is 0 Å². The van der Waals surface area contributed by atoms with Crippen molar-refractivity contribution >= 4 is 17.8 Å². The summed E-state index contributed by atoms with van der Waals surface area (Å²) in [5, 5.41) is 13.2. The van der Waals surface area contributed by atoms with E-state index in [2.05, 4.69) is 5.32 Å². The molecule has 0 radical (unpaired) electrons. The number of aliphatic hydroxyl groups excluding tert-OH is 1. The lowest BCUT2D eigenvalue weighted by Gasteiger charge is -2.14. The van der Waals surface area contributed by atoms with Crippen molar-refractivity contribution in [1.29, 1.82) is 0 Å². The monoisotopic (exact) mass is 323 g/mol. The molecule has 1 heterocycles. The normalized spacial score (nSPS) is 12.0. The van der Waals surface area contributed by atoms with Gasteiger partial charge in [-0.3, -0.25) is 0 Å². The SMILES string of the molecule is C=O.CNC(C)c1cc2ccc(CO)cc2o1.COC(C)(C)C. The van der Waals surface area contributed by atoms with Crippen molar-refractivity contribution in [2.75, 3.05) is 14.2 Å². The van der Waals surface area contributed by atoms with E-state index >= 15 is 0 Å². The molecule has 0 spiro atoms. The van der Waals surface area contributed by atoms with Crippen LogP contribution < -0.4 is 5.32 Å². The number of methoxy groups -OCH3 is 1. The molecule has 5 heteroatoms. The van der Waals surface area contributed by atoms with Crippen LogP contribution in [0.2, 0.25) is 0 Å². The summed E-state index contributed by atoms with van der Waals surface area (Å²) in [5.41, 5.74) is 1.75. The number of ether oxygens (including phenoxy) is 1. The van der Waals surface area contributed by atoms with Crippen molar-refractivity contribution < 1.29 is 19.1 Å². The number of hydrogen-bond donors (Lipinski definition) is 2. The maximum atomic E-state index is 9.01. The van der Waals surface area contributed by atoms with Crippen LogP contribution in [0.1, 0.15) is 45.1 Å². The minimum absolute atomic E-state index is 0.0417. The van der Waals surface area contributed by atoms with Crippen molar-refractivity contribution in [3.05, 3.63) is 35.6 Å². The molecule has 2 N–H and O–H groups in total. The van der Waals surface area contributed by atoms with Gasteiger partial charge in [0.25, 0.3) is 0 Å². The van der Waals surface area contributed by atoms with Gasteiger partial charge >= 0.3 is 0 Å². The first-order valence-corrected chi connectivity index (χ1v) is 7.45. The van der Waals surface area contributed by atoms with Crippen LogP contribution in [0.15, 0.2) is 28.7 Å². The summed E-state index contributed by atoms with van der Waals surface area (Å²) < 4.78 is 10.6. The molecule has 1 aromatic carbocycles. The Morgan fingerprint density at radius 1 is 1.30 bits per heavy atom. The average molecular weight is 323 g/mol. The van der Waals surface area contributed by atoms with Gasteiger partial charge in [-0.15, -0.1) is 0 Å². The van der Waals surface area contributed by atoms with Crippen LogP contribution in [-0.2, 0) is 16.1 Å². The average Bonchev–Trinajstić information content (AvgIpc) is 2.98. The number of carbonyl (C=O) groups excluding carboxylic acids is 1. The summed E-state index contributed by atoms with van der Waals surface area (Å²) >= 11 is 0. The summed E-state index contributed by atoms with van der Waals surface area (Å²) in [7, 11) is 3.61. The molecule has 1 unspecified atom stereocenters. The van der Waals surface area contributed by atoms with Gasteiger partial charge in [-0.2, -0.15) is 0 Å². The van der Waals surface area contributed by atoms with Crippen LogP contribution in [0.5, 0.6) is 0 Å². The van der Waals surface area contributed by atoms with Gasteiger partial charge in [-0.1, -0.05) is 12.1 Å². The molecule has 2 aromatic rings. The zero-order valence-corrected chi connectivity index (χ0v) is 15.0. The Morgan fingerprint density at radius 2 is 1.87 bits per heavy atom. The van der Waals surface area contributed by atoms with E-state index in [1.807, 2.05) is 65.8 Å². The molecule has 23 heavy (non-hydrogen) atoms. The highest BCUT2D eigenvalue weighted by Crippen LogP contribution is 2.24. The fraction of sp³-hybridized carbons (Fsp3) is 0.500. The molecule has 0 saturated heterocycles. The van der Waals surface area contributed by atoms with E-state index in [0.717, 1.165) is 22.3 Å².